The monoisotopic (exact) mass is 158 g/mol. The Balaban J connectivity index is 2.53. The van der Waals surface area contributed by atoms with E-state index in [1.165, 1.54) is 5.01 Å². The van der Waals surface area contributed by atoms with Crippen LogP contribution in [0.2, 0.25) is 0 Å². The van der Waals surface area contributed by atoms with Gasteiger partial charge in [-0.15, -0.1) is 0 Å². The summed E-state index contributed by atoms with van der Waals surface area (Å²) in [6.45, 7) is 0.331. The Morgan fingerprint density at radius 1 is 1.82 bits per heavy atom. The molecule has 1 aliphatic heterocycles. The number of hydrogen-bond acceptors (Lipinski definition) is 3. The number of aliphatic carboxylic acids is 1. The van der Waals surface area contributed by atoms with Gasteiger partial charge in [0.25, 0.3) is 0 Å². The van der Waals surface area contributed by atoms with Crippen LogP contribution in [-0.4, -0.2) is 35.6 Å². The summed E-state index contributed by atoms with van der Waals surface area (Å²) in [7, 11) is 1.58. The van der Waals surface area contributed by atoms with Crippen LogP contribution in [0, 0.1) is 5.92 Å². The van der Waals surface area contributed by atoms with Gasteiger partial charge in [-0.25, -0.2) is 5.43 Å². The Morgan fingerprint density at radius 2 is 2.45 bits per heavy atom. The molecule has 0 bridgehead atoms. The van der Waals surface area contributed by atoms with Crippen LogP contribution in [0.15, 0.2) is 0 Å². The van der Waals surface area contributed by atoms with E-state index in [9.17, 15) is 9.59 Å². The van der Waals surface area contributed by atoms with Crippen LogP contribution in [0.3, 0.4) is 0 Å². The minimum atomic E-state index is -0.918. The Bertz CT molecular complexity index is 192. The number of carbonyl (C=O) groups is 2. The van der Waals surface area contributed by atoms with Crippen LogP contribution in [0.1, 0.15) is 6.42 Å². The number of hydrogen-bond donors (Lipinski definition) is 2. The maximum atomic E-state index is 10.9. The molecule has 1 rings (SSSR count). The zero-order valence-electron chi connectivity index (χ0n) is 6.20. The molecule has 0 aromatic rings. The number of nitrogens with zero attached hydrogens (tertiary/aromatic N) is 1. The van der Waals surface area contributed by atoms with Gasteiger partial charge in [0.05, 0.1) is 5.92 Å². The fourth-order valence-corrected chi connectivity index (χ4v) is 0.930. The second-order valence-electron chi connectivity index (χ2n) is 2.55. The first-order valence-corrected chi connectivity index (χ1v) is 3.34. The second kappa shape index (κ2) is 2.87. The molecule has 11 heavy (non-hydrogen) atoms. The standard InChI is InChI=1S/C6H10N2O3/c1-8-5(9)2-4(3-7-8)6(10)11/h4,7H,2-3H2,1H3,(H,10,11). The number of carboxylic acids is 1. The highest BCUT2D eigenvalue weighted by Gasteiger charge is 2.27. The summed E-state index contributed by atoms with van der Waals surface area (Å²) < 4.78 is 0. The van der Waals surface area contributed by atoms with E-state index in [1.54, 1.807) is 7.05 Å². The van der Waals surface area contributed by atoms with E-state index in [1.807, 2.05) is 0 Å². The highest BCUT2D eigenvalue weighted by Crippen LogP contribution is 2.08. The van der Waals surface area contributed by atoms with Crippen LogP contribution in [0.5, 0.6) is 0 Å². The van der Waals surface area contributed by atoms with Crippen molar-refractivity contribution >= 4 is 11.9 Å². The summed E-state index contributed by atoms with van der Waals surface area (Å²) in [5.74, 6) is -1.67. The number of nitrogens with one attached hydrogen (secondary N) is 1. The van der Waals surface area contributed by atoms with E-state index >= 15 is 0 Å². The van der Waals surface area contributed by atoms with Crippen LogP contribution < -0.4 is 5.43 Å². The van der Waals surface area contributed by atoms with E-state index < -0.39 is 11.9 Å². The molecular formula is C6H10N2O3. The number of hydrazine groups is 1. The van der Waals surface area contributed by atoms with Gasteiger partial charge in [-0.05, 0) is 0 Å². The molecule has 5 nitrogen and oxygen atoms in total. The number of rotatable bonds is 1. The van der Waals surface area contributed by atoms with E-state index in [0.29, 0.717) is 6.54 Å². The van der Waals surface area contributed by atoms with Crippen molar-refractivity contribution in [2.24, 2.45) is 5.92 Å². The van der Waals surface area contributed by atoms with Crippen molar-refractivity contribution in [2.45, 2.75) is 6.42 Å². The van der Waals surface area contributed by atoms with Crippen molar-refractivity contribution in [2.75, 3.05) is 13.6 Å². The quantitative estimate of drug-likeness (QED) is 0.516. The zero-order chi connectivity index (χ0) is 8.43. The first-order chi connectivity index (χ1) is 5.11. The molecule has 0 aromatic heterocycles. The molecule has 1 atom stereocenters. The number of carboxylic acid groups (broad SMARTS) is 1. The molecule has 0 saturated carbocycles. The van der Waals surface area contributed by atoms with Crippen molar-refractivity contribution in [1.29, 1.82) is 0 Å². The van der Waals surface area contributed by atoms with Crippen LogP contribution >= 0.6 is 0 Å². The van der Waals surface area contributed by atoms with Crippen molar-refractivity contribution in [3.63, 3.8) is 0 Å². The molecule has 0 aliphatic carbocycles. The maximum absolute atomic E-state index is 10.9. The van der Waals surface area contributed by atoms with E-state index in [4.69, 9.17) is 5.11 Å². The van der Waals surface area contributed by atoms with Gasteiger partial charge in [0, 0.05) is 20.0 Å². The Hall–Kier alpha value is -1.10. The Kier molecular flexibility index (Phi) is 2.09. The molecule has 1 fully saturated rings. The minimum Gasteiger partial charge on any atom is -0.481 e. The fourth-order valence-electron chi connectivity index (χ4n) is 0.930. The molecular weight excluding hydrogens is 148 g/mol. The van der Waals surface area contributed by atoms with Gasteiger partial charge >= 0.3 is 5.97 Å². The molecule has 1 amide bonds. The summed E-state index contributed by atoms with van der Waals surface area (Å²) in [5.41, 5.74) is 2.67. The number of carbonyl (C=O) groups excluding carboxylic acids is 1. The molecule has 0 aromatic carbocycles. The zero-order valence-corrected chi connectivity index (χ0v) is 6.20. The highest BCUT2D eigenvalue weighted by molar-refractivity contribution is 5.83. The van der Waals surface area contributed by atoms with Gasteiger partial charge < -0.3 is 5.11 Å². The summed E-state index contributed by atoms with van der Waals surface area (Å²) in [6.07, 6.45) is 0.0961. The van der Waals surface area contributed by atoms with E-state index in [0.717, 1.165) is 0 Å². The third-order valence-electron chi connectivity index (χ3n) is 1.72. The summed E-state index contributed by atoms with van der Waals surface area (Å²) in [6, 6.07) is 0. The average molecular weight is 158 g/mol. The van der Waals surface area contributed by atoms with Crippen molar-refractivity contribution in [3.05, 3.63) is 0 Å². The molecule has 1 saturated heterocycles. The molecule has 0 spiro atoms. The molecule has 5 heteroatoms. The lowest BCUT2D eigenvalue weighted by Crippen LogP contribution is -2.49. The summed E-state index contributed by atoms with van der Waals surface area (Å²) >= 11 is 0. The maximum Gasteiger partial charge on any atom is 0.308 e. The normalized spacial score (nSPS) is 25.4. The first-order valence-electron chi connectivity index (χ1n) is 3.34. The predicted molar refractivity (Wildman–Crippen MR) is 36.5 cm³/mol. The molecule has 0 radical (unpaired) electrons. The van der Waals surface area contributed by atoms with Crippen LogP contribution in [0.25, 0.3) is 0 Å². The fraction of sp³-hybridized carbons (Fsp3) is 0.667. The van der Waals surface area contributed by atoms with Gasteiger partial charge in [-0.3, -0.25) is 14.6 Å². The van der Waals surface area contributed by atoms with E-state index in [2.05, 4.69) is 5.43 Å². The van der Waals surface area contributed by atoms with Gasteiger partial charge in [0.1, 0.15) is 0 Å². The topological polar surface area (TPSA) is 69.6 Å². The van der Waals surface area contributed by atoms with Crippen LogP contribution in [-0.2, 0) is 9.59 Å². The van der Waals surface area contributed by atoms with Crippen molar-refractivity contribution in [1.82, 2.24) is 10.4 Å². The lowest BCUT2D eigenvalue weighted by Gasteiger charge is -2.27. The lowest BCUT2D eigenvalue weighted by molar-refractivity contribution is -0.150. The second-order valence-corrected chi connectivity index (χ2v) is 2.55. The highest BCUT2D eigenvalue weighted by atomic mass is 16.4. The smallest absolute Gasteiger partial charge is 0.308 e. The molecule has 1 unspecified atom stereocenters. The summed E-state index contributed by atoms with van der Waals surface area (Å²) in [5, 5.41) is 9.85. The van der Waals surface area contributed by atoms with Gasteiger partial charge in [0.15, 0.2) is 0 Å². The van der Waals surface area contributed by atoms with E-state index in [-0.39, 0.29) is 12.3 Å². The average Bonchev–Trinajstić information content (AvgIpc) is 1.94. The molecule has 2 N–H and O–H groups in total. The Labute approximate surface area is 64.0 Å². The largest absolute Gasteiger partial charge is 0.481 e. The molecule has 62 valence electrons. The summed E-state index contributed by atoms with van der Waals surface area (Å²) in [4.78, 5) is 21.3. The van der Waals surface area contributed by atoms with Crippen molar-refractivity contribution < 1.29 is 14.7 Å². The third kappa shape index (κ3) is 1.68. The third-order valence-corrected chi connectivity index (χ3v) is 1.72. The van der Waals surface area contributed by atoms with Gasteiger partial charge in [0.2, 0.25) is 5.91 Å². The van der Waals surface area contributed by atoms with Crippen LogP contribution in [0.4, 0.5) is 0 Å². The van der Waals surface area contributed by atoms with Gasteiger partial charge in [-0.2, -0.15) is 0 Å². The predicted octanol–water partition coefficient (Wildman–Crippen LogP) is -0.946. The van der Waals surface area contributed by atoms with Crippen molar-refractivity contribution in [3.8, 4) is 0 Å². The first kappa shape index (κ1) is 8.00. The van der Waals surface area contributed by atoms with Gasteiger partial charge in [-0.1, -0.05) is 0 Å². The minimum absolute atomic E-state index is 0.0961. The number of amides is 1. The molecule has 1 aliphatic rings. The molecule has 1 heterocycles. The Morgan fingerprint density at radius 3 is 2.91 bits per heavy atom. The SMILES string of the molecule is CN1NCC(C(=O)O)CC1=O. The lowest BCUT2D eigenvalue weighted by atomic mass is 10.0.